The molecule has 0 saturated heterocycles. The molecule has 0 saturated carbocycles. The third kappa shape index (κ3) is 5.76. The lowest BCUT2D eigenvalue weighted by molar-refractivity contribution is 0.0498. The Labute approximate surface area is 156 Å². The van der Waals surface area contributed by atoms with E-state index < -0.39 is 11.9 Å². The number of hydrogen-bond donors (Lipinski definition) is 0. The van der Waals surface area contributed by atoms with E-state index in [2.05, 4.69) is 6.92 Å². The molecule has 0 heterocycles. The number of hydrogen-bond acceptors (Lipinski definition) is 4. The molecular formula is C19H18Cl2O4. The van der Waals surface area contributed by atoms with Crippen LogP contribution in [0.3, 0.4) is 0 Å². The minimum atomic E-state index is -0.634. The number of rotatable bonds is 7. The standard InChI is InChI=1S/C19H18Cl2O4/c1-2-3-4-10-24-18(22)13-6-5-7-14(11-13)19(23)25-17-12-15(20)8-9-16(17)21/h5-9,11-12H,2-4,10H2,1H3. The van der Waals surface area contributed by atoms with Crippen LogP contribution in [-0.2, 0) is 4.74 Å². The molecule has 0 fully saturated rings. The zero-order valence-corrected chi connectivity index (χ0v) is 15.3. The van der Waals surface area contributed by atoms with E-state index in [9.17, 15) is 9.59 Å². The molecule has 0 aliphatic heterocycles. The van der Waals surface area contributed by atoms with Crippen LogP contribution in [0.5, 0.6) is 5.75 Å². The summed E-state index contributed by atoms with van der Waals surface area (Å²) in [7, 11) is 0. The topological polar surface area (TPSA) is 52.6 Å². The lowest BCUT2D eigenvalue weighted by atomic mass is 10.1. The zero-order chi connectivity index (χ0) is 18.2. The van der Waals surface area contributed by atoms with Gasteiger partial charge in [0.2, 0.25) is 0 Å². The summed E-state index contributed by atoms with van der Waals surface area (Å²) in [6.07, 6.45) is 2.86. The monoisotopic (exact) mass is 380 g/mol. The van der Waals surface area contributed by atoms with Gasteiger partial charge in [-0.25, -0.2) is 9.59 Å². The summed E-state index contributed by atoms with van der Waals surface area (Å²) in [5.74, 6) is -0.942. The fourth-order valence-corrected chi connectivity index (χ4v) is 2.41. The Bertz CT molecular complexity index is 759. The largest absolute Gasteiger partial charge is 0.462 e. The van der Waals surface area contributed by atoms with Gasteiger partial charge in [-0.05, 0) is 36.8 Å². The molecule has 6 heteroatoms. The quantitative estimate of drug-likeness (QED) is 0.358. The van der Waals surface area contributed by atoms with Crippen molar-refractivity contribution in [1.82, 2.24) is 0 Å². The second kappa shape index (κ2) is 9.44. The second-order valence-electron chi connectivity index (χ2n) is 5.39. The molecule has 0 spiro atoms. The number of halogens is 2. The molecule has 0 unspecified atom stereocenters. The molecule has 0 bridgehead atoms. The van der Waals surface area contributed by atoms with Gasteiger partial charge < -0.3 is 9.47 Å². The van der Waals surface area contributed by atoms with Gasteiger partial charge in [0.05, 0.1) is 22.8 Å². The highest BCUT2D eigenvalue weighted by molar-refractivity contribution is 6.34. The summed E-state index contributed by atoms with van der Waals surface area (Å²) >= 11 is 11.9. The van der Waals surface area contributed by atoms with E-state index in [1.54, 1.807) is 24.3 Å². The minimum absolute atomic E-state index is 0.159. The minimum Gasteiger partial charge on any atom is -0.462 e. The molecule has 2 rings (SSSR count). The Hall–Kier alpha value is -2.04. The van der Waals surface area contributed by atoms with Gasteiger partial charge in [-0.15, -0.1) is 0 Å². The van der Waals surface area contributed by atoms with Gasteiger partial charge in [0.15, 0.2) is 5.75 Å². The van der Waals surface area contributed by atoms with E-state index in [0.717, 1.165) is 19.3 Å². The van der Waals surface area contributed by atoms with E-state index in [0.29, 0.717) is 17.2 Å². The first kappa shape index (κ1) is 19.3. The predicted molar refractivity (Wildman–Crippen MR) is 97.7 cm³/mol. The van der Waals surface area contributed by atoms with Crippen molar-refractivity contribution < 1.29 is 19.1 Å². The lowest BCUT2D eigenvalue weighted by Gasteiger charge is -2.08. The molecule has 132 valence electrons. The average molecular weight is 381 g/mol. The van der Waals surface area contributed by atoms with Gasteiger partial charge in [0.1, 0.15) is 0 Å². The average Bonchev–Trinajstić information content (AvgIpc) is 2.61. The molecule has 0 amide bonds. The van der Waals surface area contributed by atoms with Crippen LogP contribution in [0.15, 0.2) is 42.5 Å². The molecule has 2 aromatic carbocycles. The SMILES string of the molecule is CCCCCOC(=O)c1cccc(C(=O)Oc2cc(Cl)ccc2Cl)c1. The van der Waals surface area contributed by atoms with Gasteiger partial charge in [0, 0.05) is 11.1 Å². The number of benzene rings is 2. The van der Waals surface area contributed by atoms with Crippen molar-refractivity contribution in [3.8, 4) is 5.75 Å². The zero-order valence-electron chi connectivity index (χ0n) is 13.8. The van der Waals surface area contributed by atoms with Crippen LogP contribution >= 0.6 is 23.2 Å². The van der Waals surface area contributed by atoms with Crippen LogP contribution in [-0.4, -0.2) is 18.5 Å². The van der Waals surface area contributed by atoms with Crippen LogP contribution in [0.1, 0.15) is 46.9 Å². The van der Waals surface area contributed by atoms with Crippen molar-refractivity contribution in [2.45, 2.75) is 26.2 Å². The molecule has 0 aromatic heterocycles. The number of unbranched alkanes of at least 4 members (excludes halogenated alkanes) is 2. The first-order valence-electron chi connectivity index (χ1n) is 7.95. The molecule has 0 aliphatic rings. The summed E-state index contributed by atoms with van der Waals surface area (Å²) in [6.45, 7) is 2.43. The second-order valence-corrected chi connectivity index (χ2v) is 6.23. The van der Waals surface area contributed by atoms with E-state index in [-0.39, 0.29) is 16.3 Å². The normalized spacial score (nSPS) is 10.4. The smallest absolute Gasteiger partial charge is 0.343 e. The Morgan fingerprint density at radius 2 is 1.68 bits per heavy atom. The van der Waals surface area contributed by atoms with Crippen molar-refractivity contribution in [1.29, 1.82) is 0 Å². The highest BCUT2D eigenvalue weighted by Crippen LogP contribution is 2.28. The maximum Gasteiger partial charge on any atom is 0.343 e. The molecule has 2 aromatic rings. The maximum atomic E-state index is 12.3. The molecule has 25 heavy (non-hydrogen) atoms. The first-order valence-corrected chi connectivity index (χ1v) is 8.71. The van der Waals surface area contributed by atoms with Crippen LogP contribution in [0.2, 0.25) is 10.0 Å². The van der Waals surface area contributed by atoms with Gasteiger partial charge in [-0.1, -0.05) is 49.0 Å². The number of ether oxygens (including phenoxy) is 2. The number of esters is 2. The summed E-state index contributed by atoms with van der Waals surface area (Å²) in [5, 5.41) is 0.667. The van der Waals surface area contributed by atoms with Crippen molar-refractivity contribution in [3.63, 3.8) is 0 Å². The fourth-order valence-electron chi connectivity index (χ4n) is 2.09. The predicted octanol–water partition coefficient (Wildman–Crippen LogP) is 5.56. The Kier molecular flexibility index (Phi) is 7.29. The van der Waals surface area contributed by atoms with Crippen molar-refractivity contribution in [2.24, 2.45) is 0 Å². The van der Waals surface area contributed by atoms with Crippen LogP contribution in [0.25, 0.3) is 0 Å². The third-order valence-corrected chi connectivity index (χ3v) is 3.96. The lowest BCUT2D eigenvalue weighted by Crippen LogP contribution is -2.11. The Balaban J connectivity index is 2.05. The first-order chi connectivity index (χ1) is 12.0. The molecule has 0 atom stereocenters. The highest BCUT2D eigenvalue weighted by Gasteiger charge is 2.15. The van der Waals surface area contributed by atoms with Crippen molar-refractivity contribution in [3.05, 3.63) is 63.6 Å². The van der Waals surface area contributed by atoms with Gasteiger partial charge >= 0.3 is 11.9 Å². The van der Waals surface area contributed by atoms with Crippen LogP contribution < -0.4 is 4.74 Å². The molecule has 0 N–H and O–H groups in total. The molecule has 0 radical (unpaired) electrons. The Morgan fingerprint density at radius 1 is 0.960 bits per heavy atom. The summed E-state index contributed by atoms with van der Waals surface area (Å²) in [5.41, 5.74) is 0.516. The van der Waals surface area contributed by atoms with E-state index >= 15 is 0 Å². The number of carbonyl (C=O) groups excluding carboxylic acids is 2. The van der Waals surface area contributed by atoms with E-state index in [1.165, 1.54) is 18.2 Å². The fraction of sp³-hybridized carbons (Fsp3) is 0.263. The molecule has 4 nitrogen and oxygen atoms in total. The third-order valence-electron chi connectivity index (χ3n) is 3.41. The number of carbonyl (C=O) groups is 2. The van der Waals surface area contributed by atoms with E-state index in [1.807, 2.05) is 0 Å². The van der Waals surface area contributed by atoms with Gasteiger partial charge in [-0.3, -0.25) is 0 Å². The summed E-state index contributed by atoms with van der Waals surface area (Å²) in [6, 6.07) is 10.8. The molecule has 0 aliphatic carbocycles. The van der Waals surface area contributed by atoms with Crippen molar-refractivity contribution in [2.75, 3.05) is 6.61 Å². The van der Waals surface area contributed by atoms with Gasteiger partial charge in [0.25, 0.3) is 0 Å². The van der Waals surface area contributed by atoms with E-state index in [4.69, 9.17) is 32.7 Å². The highest BCUT2D eigenvalue weighted by atomic mass is 35.5. The Morgan fingerprint density at radius 3 is 2.40 bits per heavy atom. The van der Waals surface area contributed by atoms with Gasteiger partial charge in [-0.2, -0.15) is 0 Å². The summed E-state index contributed by atoms with van der Waals surface area (Å²) in [4.78, 5) is 24.3. The van der Waals surface area contributed by atoms with Crippen molar-refractivity contribution >= 4 is 35.1 Å². The van der Waals surface area contributed by atoms with Crippen LogP contribution in [0, 0.1) is 0 Å². The maximum absolute atomic E-state index is 12.3. The van der Waals surface area contributed by atoms with Crippen LogP contribution in [0.4, 0.5) is 0 Å². The molecular weight excluding hydrogens is 363 g/mol. The summed E-state index contributed by atoms with van der Waals surface area (Å²) < 4.78 is 10.4.